The lowest BCUT2D eigenvalue weighted by atomic mass is 9.83. The van der Waals surface area contributed by atoms with Crippen LogP contribution < -0.4 is 10.7 Å². The van der Waals surface area contributed by atoms with Crippen molar-refractivity contribution in [2.75, 3.05) is 11.9 Å². The Labute approximate surface area is 147 Å². The number of nitrogens with zero attached hydrogens (tertiary/aromatic N) is 1. The summed E-state index contributed by atoms with van der Waals surface area (Å²) in [6.45, 7) is -0.00957. The zero-order chi connectivity index (χ0) is 17.5. The van der Waals surface area contributed by atoms with E-state index >= 15 is 0 Å². The van der Waals surface area contributed by atoms with Crippen LogP contribution in [-0.4, -0.2) is 18.2 Å². The standard InChI is InChI=1S/C20H22FN3O/c21-18-8-4-5-9-19(18)22-14-20(25)24-23-17-12-10-16(11-13-17)15-6-2-1-3-7-15/h1-9,16,22H,10-14H2,(H,24,25). The number of hydrogen-bond donors (Lipinski definition) is 2. The summed E-state index contributed by atoms with van der Waals surface area (Å²) < 4.78 is 13.5. The maximum absolute atomic E-state index is 13.5. The van der Waals surface area contributed by atoms with Gasteiger partial charge in [0, 0.05) is 5.71 Å². The molecule has 0 aliphatic heterocycles. The molecule has 2 N–H and O–H groups in total. The molecule has 25 heavy (non-hydrogen) atoms. The monoisotopic (exact) mass is 339 g/mol. The predicted molar refractivity (Wildman–Crippen MR) is 98.1 cm³/mol. The van der Waals surface area contributed by atoms with Crippen LogP contribution in [0, 0.1) is 5.82 Å². The number of para-hydroxylation sites is 1. The van der Waals surface area contributed by atoms with E-state index in [1.54, 1.807) is 18.2 Å². The van der Waals surface area contributed by atoms with Crippen LogP contribution in [0.5, 0.6) is 0 Å². The van der Waals surface area contributed by atoms with E-state index in [4.69, 9.17) is 0 Å². The van der Waals surface area contributed by atoms with Gasteiger partial charge in [-0.25, -0.2) is 9.82 Å². The average molecular weight is 339 g/mol. The lowest BCUT2D eigenvalue weighted by Crippen LogP contribution is -2.28. The molecule has 1 saturated carbocycles. The van der Waals surface area contributed by atoms with E-state index in [-0.39, 0.29) is 18.3 Å². The van der Waals surface area contributed by atoms with Gasteiger partial charge >= 0.3 is 0 Å². The second kappa shape index (κ2) is 8.42. The molecule has 1 aliphatic carbocycles. The molecule has 0 aromatic heterocycles. The van der Waals surface area contributed by atoms with Gasteiger partial charge in [-0.3, -0.25) is 4.79 Å². The van der Waals surface area contributed by atoms with Gasteiger partial charge in [0.25, 0.3) is 5.91 Å². The summed E-state index contributed by atoms with van der Waals surface area (Å²) >= 11 is 0. The molecular formula is C20H22FN3O. The Kier molecular flexibility index (Phi) is 5.77. The lowest BCUT2D eigenvalue weighted by Gasteiger charge is -2.23. The molecular weight excluding hydrogens is 317 g/mol. The Bertz CT molecular complexity index is 736. The zero-order valence-corrected chi connectivity index (χ0v) is 14.0. The third-order valence-electron chi connectivity index (χ3n) is 4.49. The number of carbonyl (C=O) groups excluding carboxylic acids is 1. The number of carbonyl (C=O) groups is 1. The Balaban J connectivity index is 1.44. The average Bonchev–Trinajstić information content (AvgIpc) is 2.67. The van der Waals surface area contributed by atoms with Crippen molar-refractivity contribution in [1.82, 2.24) is 5.43 Å². The molecule has 0 heterocycles. The van der Waals surface area contributed by atoms with Crippen molar-refractivity contribution in [3.63, 3.8) is 0 Å². The Morgan fingerprint density at radius 3 is 2.44 bits per heavy atom. The summed E-state index contributed by atoms with van der Waals surface area (Å²) in [7, 11) is 0. The second-order valence-electron chi connectivity index (χ2n) is 6.23. The highest BCUT2D eigenvalue weighted by atomic mass is 19.1. The highest BCUT2D eigenvalue weighted by Crippen LogP contribution is 2.31. The molecule has 0 bridgehead atoms. The summed E-state index contributed by atoms with van der Waals surface area (Å²) in [5, 5.41) is 7.00. The highest BCUT2D eigenvalue weighted by Gasteiger charge is 2.19. The number of amides is 1. The highest BCUT2D eigenvalue weighted by molar-refractivity contribution is 5.88. The van der Waals surface area contributed by atoms with Gasteiger partial charge in [0.2, 0.25) is 0 Å². The summed E-state index contributed by atoms with van der Waals surface area (Å²) in [5.41, 5.74) is 5.27. The topological polar surface area (TPSA) is 53.5 Å². The largest absolute Gasteiger partial charge is 0.374 e. The van der Waals surface area contributed by atoms with Gasteiger partial charge in [0.05, 0.1) is 12.2 Å². The van der Waals surface area contributed by atoms with E-state index in [0.29, 0.717) is 11.6 Å². The number of nitrogens with one attached hydrogen (secondary N) is 2. The summed E-state index contributed by atoms with van der Waals surface area (Å²) in [5.74, 6) is -0.0830. The van der Waals surface area contributed by atoms with Crippen LogP contribution in [0.15, 0.2) is 59.7 Å². The van der Waals surface area contributed by atoms with Crippen LogP contribution in [0.25, 0.3) is 0 Å². The summed E-state index contributed by atoms with van der Waals surface area (Å²) in [4.78, 5) is 11.9. The van der Waals surface area contributed by atoms with Crippen molar-refractivity contribution in [1.29, 1.82) is 0 Å². The van der Waals surface area contributed by atoms with Gasteiger partial charge in [-0.15, -0.1) is 0 Å². The third kappa shape index (κ3) is 4.89. The number of hydrazone groups is 1. The zero-order valence-electron chi connectivity index (χ0n) is 14.0. The van der Waals surface area contributed by atoms with Gasteiger partial charge < -0.3 is 5.32 Å². The van der Waals surface area contributed by atoms with Crippen molar-refractivity contribution >= 4 is 17.3 Å². The molecule has 0 spiro atoms. The Hall–Kier alpha value is -2.69. The third-order valence-corrected chi connectivity index (χ3v) is 4.49. The normalized spacial score (nSPS) is 17.0. The fraction of sp³-hybridized carbons (Fsp3) is 0.300. The fourth-order valence-electron chi connectivity index (χ4n) is 3.08. The molecule has 0 atom stereocenters. The van der Waals surface area contributed by atoms with E-state index in [2.05, 4.69) is 40.1 Å². The van der Waals surface area contributed by atoms with Gasteiger partial charge in [-0.1, -0.05) is 42.5 Å². The number of benzene rings is 2. The Morgan fingerprint density at radius 1 is 1.04 bits per heavy atom. The van der Waals surface area contributed by atoms with Crippen LogP contribution in [0.3, 0.4) is 0 Å². The van der Waals surface area contributed by atoms with Crippen LogP contribution in [0.1, 0.15) is 37.2 Å². The van der Waals surface area contributed by atoms with Gasteiger partial charge in [-0.2, -0.15) is 5.10 Å². The van der Waals surface area contributed by atoms with Crippen molar-refractivity contribution in [3.05, 3.63) is 66.0 Å². The minimum atomic E-state index is -0.374. The lowest BCUT2D eigenvalue weighted by molar-refractivity contribution is -0.119. The van der Waals surface area contributed by atoms with Crippen molar-refractivity contribution in [2.45, 2.75) is 31.6 Å². The van der Waals surface area contributed by atoms with Crippen LogP contribution in [0.2, 0.25) is 0 Å². The molecule has 5 heteroatoms. The molecule has 1 fully saturated rings. The molecule has 2 aromatic rings. The molecule has 1 aliphatic rings. The van der Waals surface area contributed by atoms with Crippen molar-refractivity contribution in [3.8, 4) is 0 Å². The number of halogens is 1. The summed E-state index contributed by atoms with van der Waals surface area (Å²) in [6, 6.07) is 16.8. The molecule has 130 valence electrons. The molecule has 0 saturated heterocycles. The summed E-state index contributed by atoms with van der Waals surface area (Å²) in [6.07, 6.45) is 3.87. The van der Waals surface area contributed by atoms with Crippen LogP contribution in [-0.2, 0) is 4.79 Å². The first-order chi connectivity index (χ1) is 12.2. The molecule has 4 nitrogen and oxygen atoms in total. The maximum Gasteiger partial charge on any atom is 0.259 e. The molecule has 3 rings (SSSR count). The minimum Gasteiger partial charge on any atom is -0.374 e. The molecule has 0 unspecified atom stereocenters. The number of rotatable bonds is 5. The Morgan fingerprint density at radius 2 is 1.72 bits per heavy atom. The smallest absolute Gasteiger partial charge is 0.259 e. The first-order valence-corrected chi connectivity index (χ1v) is 8.60. The van der Waals surface area contributed by atoms with E-state index < -0.39 is 0 Å². The van der Waals surface area contributed by atoms with E-state index in [1.165, 1.54) is 11.6 Å². The van der Waals surface area contributed by atoms with Crippen molar-refractivity contribution < 1.29 is 9.18 Å². The molecule has 0 radical (unpaired) electrons. The van der Waals surface area contributed by atoms with Gasteiger partial charge in [-0.05, 0) is 49.3 Å². The molecule has 2 aromatic carbocycles. The number of anilines is 1. The first kappa shape index (κ1) is 17.1. The van der Waals surface area contributed by atoms with Gasteiger partial charge in [0.15, 0.2) is 0 Å². The SMILES string of the molecule is O=C(CNc1ccccc1F)NN=C1CCC(c2ccccc2)CC1. The van der Waals surface area contributed by atoms with Crippen LogP contribution >= 0.6 is 0 Å². The van der Waals surface area contributed by atoms with E-state index in [1.807, 2.05) is 6.07 Å². The van der Waals surface area contributed by atoms with E-state index in [9.17, 15) is 9.18 Å². The van der Waals surface area contributed by atoms with Crippen LogP contribution in [0.4, 0.5) is 10.1 Å². The van der Waals surface area contributed by atoms with E-state index in [0.717, 1.165) is 31.4 Å². The first-order valence-electron chi connectivity index (χ1n) is 8.60. The molecule has 1 amide bonds. The van der Waals surface area contributed by atoms with Crippen molar-refractivity contribution in [2.24, 2.45) is 5.10 Å². The maximum atomic E-state index is 13.5. The quantitative estimate of drug-likeness (QED) is 0.807. The fourth-order valence-corrected chi connectivity index (χ4v) is 3.08. The number of hydrogen-bond acceptors (Lipinski definition) is 3. The second-order valence-corrected chi connectivity index (χ2v) is 6.23. The minimum absolute atomic E-state index is 0.00957. The van der Waals surface area contributed by atoms with Gasteiger partial charge in [0.1, 0.15) is 5.82 Å². The predicted octanol–water partition coefficient (Wildman–Crippen LogP) is 4.07.